The molecule has 1 aliphatic rings. The lowest BCUT2D eigenvalue weighted by Crippen LogP contribution is -2.42. The first kappa shape index (κ1) is 17.1. The zero-order valence-corrected chi connectivity index (χ0v) is 14.9. The third kappa shape index (κ3) is 4.00. The zero-order valence-electron chi connectivity index (χ0n) is 13.3. The van der Waals surface area contributed by atoms with E-state index in [0.717, 1.165) is 17.6 Å². The highest BCUT2D eigenvalue weighted by Crippen LogP contribution is 2.24. The number of sulfonamides is 1. The summed E-state index contributed by atoms with van der Waals surface area (Å²) < 4.78 is 24.7. The van der Waals surface area contributed by atoms with E-state index in [-0.39, 0.29) is 5.91 Å². The minimum atomic E-state index is -3.37. The Labute approximate surface area is 145 Å². The summed E-state index contributed by atoms with van der Waals surface area (Å²) in [5.41, 5.74) is 1.18. The maximum atomic E-state index is 12.4. The monoisotopic (exact) mass is 365 g/mol. The van der Waals surface area contributed by atoms with Crippen LogP contribution in [0.5, 0.6) is 0 Å². The van der Waals surface area contributed by atoms with Gasteiger partial charge in [-0.15, -0.1) is 11.3 Å². The third-order valence-electron chi connectivity index (χ3n) is 3.94. The fourth-order valence-electron chi connectivity index (χ4n) is 2.83. The lowest BCUT2D eigenvalue weighted by molar-refractivity contribution is -0.119. The molecule has 0 bridgehead atoms. The van der Waals surface area contributed by atoms with Gasteiger partial charge in [0.15, 0.2) is 5.13 Å². The second kappa shape index (κ2) is 7.00. The first-order valence-corrected chi connectivity index (χ1v) is 10.4. The number of hydrogen-bond acceptors (Lipinski definition) is 5. The van der Waals surface area contributed by atoms with Crippen LogP contribution in [0.15, 0.2) is 36.5 Å². The summed E-state index contributed by atoms with van der Waals surface area (Å²) in [4.78, 5) is 17.7. The number of aromatic nitrogens is 1. The molecule has 2 aromatic rings. The predicted molar refractivity (Wildman–Crippen MR) is 94.6 cm³/mol. The number of carbonyl (C=O) groups excluding carboxylic acids is 1. The van der Waals surface area contributed by atoms with E-state index in [1.807, 2.05) is 30.3 Å². The van der Waals surface area contributed by atoms with E-state index in [0.29, 0.717) is 24.5 Å². The Morgan fingerprint density at radius 1 is 1.38 bits per heavy atom. The quantitative estimate of drug-likeness (QED) is 0.880. The summed E-state index contributed by atoms with van der Waals surface area (Å²) in [6, 6.07) is 9.39. The average molecular weight is 365 g/mol. The summed E-state index contributed by atoms with van der Waals surface area (Å²) in [5.74, 6) is -0.307. The van der Waals surface area contributed by atoms with Gasteiger partial charge in [-0.25, -0.2) is 13.4 Å². The fourth-order valence-corrected chi connectivity index (χ4v) is 4.81. The van der Waals surface area contributed by atoms with Crippen molar-refractivity contribution in [2.24, 2.45) is 0 Å². The Hall–Kier alpha value is -1.77. The first-order chi connectivity index (χ1) is 11.4. The highest BCUT2D eigenvalue weighted by Gasteiger charge is 2.36. The van der Waals surface area contributed by atoms with Gasteiger partial charge in [0.2, 0.25) is 15.9 Å². The zero-order chi connectivity index (χ0) is 17.2. The summed E-state index contributed by atoms with van der Waals surface area (Å²) in [6.07, 6.45) is 4.88. The maximum absolute atomic E-state index is 12.4. The molecule has 3 rings (SSSR count). The van der Waals surface area contributed by atoms with Crippen molar-refractivity contribution >= 4 is 32.4 Å². The van der Waals surface area contributed by atoms with Crippen LogP contribution in [-0.2, 0) is 21.2 Å². The molecular weight excluding hydrogens is 346 g/mol. The van der Waals surface area contributed by atoms with E-state index >= 15 is 0 Å². The number of benzene rings is 1. The highest BCUT2D eigenvalue weighted by molar-refractivity contribution is 7.88. The van der Waals surface area contributed by atoms with Gasteiger partial charge in [-0.2, -0.15) is 4.31 Å². The number of hydrogen-bond donors (Lipinski definition) is 1. The van der Waals surface area contributed by atoms with Crippen LogP contribution in [-0.4, -0.2) is 42.5 Å². The van der Waals surface area contributed by atoms with E-state index in [4.69, 9.17) is 0 Å². The molecule has 1 N–H and O–H groups in total. The molecule has 24 heavy (non-hydrogen) atoms. The van der Waals surface area contributed by atoms with Gasteiger partial charge in [0, 0.05) is 24.0 Å². The lowest BCUT2D eigenvalue weighted by atomic mass is 10.1. The molecule has 1 saturated heterocycles. The Morgan fingerprint density at radius 3 is 2.83 bits per heavy atom. The largest absolute Gasteiger partial charge is 0.301 e. The Kier molecular flexibility index (Phi) is 4.98. The van der Waals surface area contributed by atoms with Crippen LogP contribution in [0.4, 0.5) is 5.13 Å². The topological polar surface area (TPSA) is 79.4 Å². The number of nitrogens with zero attached hydrogens (tertiary/aromatic N) is 2. The average Bonchev–Trinajstić information content (AvgIpc) is 3.17. The second-order valence-corrected chi connectivity index (χ2v) is 8.87. The smallest absolute Gasteiger partial charge is 0.244 e. The second-order valence-electron chi connectivity index (χ2n) is 5.82. The molecule has 1 unspecified atom stereocenters. The molecule has 8 heteroatoms. The molecule has 1 atom stereocenters. The molecule has 1 fully saturated rings. The minimum Gasteiger partial charge on any atom is -0.301 e. The van der Waals surface area contributed by atoms with Crippen LogP contribution in [0, 0.1) is 0 Å². The van der Waals surface area contributed by atoms with E-state index in [9.17, 15) is 13.2 Å². The van der Waals surface area contributed by atoms with Gasteiger partial charge in [-0.1, -0.05) is 30.3 Å². The molecule has 1 aromatic carbocycles. The van der Waals surface area contributed by atoms with E-state index in [2.05, 4.69) is 10.3 Å². The maximum Gasteiger partial charge on any atom is 0.244 e. The van der Waals surface area contributed by atoms with Crippen molar-refractivity contribution in [3.8, 4) is 0 Å². The molecule has 1 amide bonds. The van der Waals surface area contributed by atoms with Crippen LogP contribution in [0.2, 0.25) is 0 Å². The van der Waals surface area contributed by atoms with Crippen molar-refractivity contribution in [2.75, 3.05) is 18.1 Å². The standard InChI is InChI=1S/C16H19N3O3S2/c1-24(21,22)19-9-5-8-14(19)15(20)18-16-17-11-13(23-16)10-12-6-3-2-4-7-12/h2-4,6-7,11,14H,5,8-10H2,1H3,(H,17,18,20). The van der Waals surface area contributed by atoms with Crippen molar-refractivity contribution in [3.05, 3.63) is 47.0 Å². The van der Waals surface area contributed by atoms with Crippen molar-refractivity contribution < 1.29 is 13.2 Å². The van der Waals surface area contributed by atoms with E-state index < -0.39 is 16.1 Å². The van der Waals surface area contributed by atoms with Crippen LogP contribution in [0.25, 0.3) is 0 Å². The third-order valence-corrected chi connectivity index (χ3v) is 6.14. The molecule has 0 aliphatic carbocycles. The summed E-state index contributed by atoms with van der Waals surface area (Å²) >= 11 is 1.41. The fraction of sp³-hybridized carbons (Fsp3) is 0.375. The van der Waals surface area contributed by atoms with Gasteiger partial charge in [-0.3, -0.25) is 4.79 Å². The molecule has 0 radical (unpaired) electrons. The number of anilines is 1. The number of nitrogens with one attached hydrogen (secondary N) is 1. The predicted octanol–water partition coefficient (Wildman–Crippen LogP) is 2.10. The van der Waals surface area contributed by atoms with Gasteiger partial charge >= 0.3 is 0 Å². The molecule has 6 nitrogen and oxygen atoms in total. The molecule has 2 heterocycles. The Morgan fingerprint density at radius 2 is 2.12 bits per heavy atom. The number of thiazole rings is 1. The van der Waals surface area contributed by atoms with E-state index in [1.165, 1.54) is 21.2 Å². The highest BCUT2D eigenvalue weighted by atomic mass is 32.2. The first-order valence-electron chi connectivity index (χ1n) is 7.70. The van der Waals surface area contributed by atoms with E-state index in [1.54, 1.807) is 6.20 Å². The normalized spacial score (nSPS) is 18.6. The van der Waals surface area contributed by atoms with Gasteiger partial charge in [0.05, 0.1) is 6.26 Å². The molecular formula is C16H19N3O3S2. The van der Waals surface area contributed by atoms with Crippen LogP contribution in [0.1, 0.15) is 23.3 Å². The van der Waals surface area contributed by atoms with Gasteiger partial charge < -0.3 is 5.32 Å². The SMILES string of the molecule is CS(=O)(=O)N1CCCC1C(=O)Nc1ncc(Cc2ccccc2)s1. The van der Waals surface area contributed by atoms with Crippen molar-refractivity contribution in [1.82, 2.24) is 9.29 Å². The van der Waals surface area contributed by atoms with Crippen molar-refractivity contribution in [2.45, 2.75) is 25.3 Å². The molecule has 0 spiro atoms. The summed E-state index contributed by atoms with van der Waals surface area (Å²) in [6.45, 7) is 0.397. The van der Waals surface area contributed by atoms with Crippen LogP contribution >= 0.6 is 11.3 Å². The Bertz CT molecular complexity index is 818. The van der Waals surface area contributed by atoms with Crippen LogP contribution < -0.4 is 5.32 Å². The number of carbonyl (C=O) groups is 1. The van der Waals surface area contributed by atoms with Crippen molar-refractivity contribution in [3.63, 3.8) is 0 Å². The van der Waals surface area contributed by atoms with Crippen LogP contribution in [0.3, 0.4) is 0 Å². The number of rotatable bonds is 5. The molecule has 1 aliphatic heterocycles. The summed E-state index contributed by atoms with van der Waals surface area (Å²) in [7, 11) is -3.37. The minimum absolute atomic E-state index is 0.307. The van der Waals surface area contributed by atoms with Crippen molar-refractivity contribution in [1.29, 1.82) is 0 Å². The molecule has 1 aromatic heterocycles. The van der Waals surface area contributed by atoms with Gasteiger partial charge in [0.1, 0.15) is 6.04 Å². The van der Waals surface area contributed by atoms with Gasteiger partial charge in [-0.05, 0) is 18.4 Å². The molecule has 0 saturated carbocycles. The Balaban J connectivity index is 1.65. The summed E-state index contributed by atoms with van der Waals surface area (Å²) in [5, 5.41) is 3.26. The molecule has 128 valence electrons. The van der Waals surface area contributed by atoms with Gasteiger partial charge in [0.25, 0.3) is 0 Å². The number of amides is 1. The lowest BCUT2D eigenvalue weighted by Gasteiger charge is -2.20.